The van der Waals surface area contributed by atoms with Crippen molar-refractivity contribution >= 4 is 21.6 Å². The lowest BCUT2D eigenvalue weighted by Crippen LogP contribution is -2.39. The Labute approximate surface area is 182 Å². The zero-order chi connectivity index (χ0) is 21.6. The van der Waals surface area contributed by atoms with E-state index >= 15 is 0 Å². The largest absolute Gasteiger partial charge is 0.352 e. The molecule has 3 aromatic rings. The van der Waals surface area contributed by atoms with Crippen LogP contribution in [0.15, 0.2) is 72.8 Å². The van der Waals surface area contributed by atoms with E-state index in [2.05, 4.69) is 58.6 Å². The Morgan fingerprint density at radius 2 is 1.52 bits per heavy atom. The minimum Gasteiger partial charge on any atom is -0.352 e. The second kappa shape index (κ2) is 7.54. The monoisotopic (exact) mass is 432 g/mol. The molecule has 1 atom stereocenters. The molecule has 0 fully saturated rings. The van der Waals surface area contributed by atoms with Crippen molar-refractivity contribution < 1.29 is 13.2 Å². The molecular formula is C25H24N2O3S. The minimum atomic E-state index is -3.39. The van der Waals surface area contributed by atoms with Crippen molar-refractivity contribution in [3.8, 4) is 0 Å². The van der Waals surface area contributed by atoms with E-state index in [1.165, 1.54) is 22.3 Å². The van der Waals surface area contributed by atoms with Crippen LogP contribution in [0.5, 0.6) is 0 Å². The molecule has 2 bridgehead atoms. The Hall–Kier alpha value is -3.12. The fourth-order valence-electron chi connectivity index (χ4n) is 5.22. The van der Waals surface area contributed by atoms with Crippen LogP contribution in [0, 0.1) is 5.92 Å². The quantitative estimate of drug-likeness (QED) is 0.638. The lowest BCUT2D eigenvalue weighted by molar-refractivity contribution is 0.0943. The summed E-state index contributed by atoms with van der Waals surface area (Å²) in [6.07, 6.45) is 2.10. The first-order chi connectivity index (χ1) is 14.9. The average Bonchev–Trinajstić information content (AvgIpc) is 2.76. The van der Waals surface area contributed by atoms with Gasteiger partial charge in [-0.25, -0.2) is 8.42 Å². The standard InChI is InChI=1S/C25H24N2O3S/c1-31(29,30)27-18-8-6-7-16(13-18)25(28)26-15-17-14-23-19-9-2-4-11-21(19)24(17)22-12-5-3-10-20(22)23/h2-13,17,23-24,27H,14-15H2,1H3,(H,26,28)/t17-,23?,24?/m0/s1. The smallest absolute Gasteiger partial charge is 0.251 e. The summed E-state index contributed by atoms with van der Waals surface area (Å²) in [7, 11) is -3.39. The van der Waals surface area contributed by atoms with Crippen molar-refractivity contribution in [2.45, 2.75) is 18.3 Å². The number of fused-ring (bicyclic) bond motifs is 1. The van der Waals surface area contributed by atoms with Crippen LogP contribution in [0.4, 0.5) is 5.69 Å². The van der Waals surface area contributed by atoms with Gasteiger partial charge >= 0.3 is 0 Å². The van der Waals surface area contributed by atoms with Crippen LogP contribution in [0.25, 0.3) is 0 Å². The molecule has 0 heterocycles. The van der Waals surface area contributed by atoms with E-state index in [0.717, 1.165) is 12.7 Å². The van der Waals surface area contributed by atoms with Crippen LogP contribution in [0.1, 0.15) is 50.9 Å². The van der Waals surface area contributed by atoms with E-state index in [1.807, 2.05) is 0 Å². The zero-order valence-electron chi connectivity index (χ0n) is 17.2. The van der Waals surface area contributed by atoms with E-state index in [4.69, 9.17) is 0 Å². The third-order valence-electron chi connectivity index (χ3n) is 6.38. The molecule has 0 saturated heterocycles. The molecule has 6 rings (SSSR count). The van der Waals surface area contributed by atoms with Gasteiger partial charge in [-0.2, -0.15) is 0 Å². The predicted octanol–water partition coefficient (Wildman–Crippen LogP) is 4.09. The van der Waals surface area contributed by atoms with Gasteiger partial charge in [-0.05, 0) is 52.8 Å². The Morgan fingerprint density at radius 3 is 2.13 bits per heavy atom. The van der Waals surface area contributed by atoms with Crippen molar-refractivity contribution in [1.82, 2.24) is 5.32 Å². The second-order valence-corrected chi connectivity index (χ2v) is 10.2. The first-order valence-corrected chi connectivity index (χ1v) is 12.3. The maximum atomic E-state index is 12.8. The molecule has 0 radical (unpaired) electrons. The van der Waals surface area contributed by atoms with Crippen LogP contribution in [-0.2, 0) is 10.0 Å². The summed E-state index contributed by atoms with van der Waals surface area (Å²) in [4.78, 5) is 12.8. The van der Waals surface area contributed by atoms with E-state index in [0.29, 0.717) is 29.6 Å². The highest BCUT2D eigenvalue weighted by Crippen LogP contribution is 2.55. The zero-order valence-corrected chi connectivity index (χ0v) is 18.0. The number of carbonyl (C=O) groups is 1. The SMILES string of the molecule is CS(=O)(=O)Nc1cccc(C(=O)NC[C@@H]2CC3c4ccccc4C2c2ccccc23)c1. The summed E-state index contributed by atoms with van der Waals surface area (Å²) >= 11 is 0. The Morgan fingerprint density at radius 1 is 0.903 bits per heavy atom. The molecule has 0 aliphatic heterocycles. The molecule has 3 aliphatic rings. The van der Waals surface area contributed by atoms with Gasteiger partial charge < -0.3 is 5.32 Å². The number of amides is 1. The molecule has 0 saturated carbocycles. The van der Waals surface area contributed by atoms with Gasteiger partial charge in [0.25, 0.3) is 5.91 Å². The summed E-state index contributed by atoms with van der Waals surface area (Å²) in [6.45, 7) is 0.576. The highest BCUT2D eigenvalue weighted by molar-refractivity contribution is 7.92. The third-order valence-corrected chi connectivity index (χ3v) is 6.98. The highest BCUT2D eigenvalue weighted by atomic mass is 32.2. The summed E-state index contributed by atoms with van der Waals surface area (Å²) in [5, 5.41) is 3.09. The average molecular weight is 433 g/mol. The van der Waals surface area contributed by atoms with Gasteiger partial charge in [0.05, 0.1) is 6.26 Å². The van der Waals surface area contributed by atoms with Crippen LogP contribution < -0.4 is 10.0 Å². The normalized spacial score (nSPS) is 21.1. The molecule has 3 aromatic carbocycles. The van der Waals surface area contributed by atoms with Gasteiger partial charge in [0.2, 0.25) is 10.0 Å². The Kier molecular flexibility index (Phi) is 4.82. The molecule has 0 unspecified atom stereocenters. The van der Waals surface area contributed by atoms with Crippen molar-refractivity contribution in [3.63, 3.8) is 0 Å². The highest BCUT2D eigenvalue weighted by Gasteiger charge is 2.42. The molecule has 3 aliphatic carbocycles. The number of hydrogen-bond acceptors (Lipinski definition) is 3. The number of nitrogens with one attached hydrogen (secondary N) is 2. The summed E-state index contributed by atoms with van der Waals surface area (Å²) in [5.41, 5.74) is 6.39. The fraction of sp³-hybridized carbons (Fsp3) is 0.240. The van der Waals surface area contributed by atoms with E-state index in [9.17, 15) is 13.2 Å². The number of rotatable bonds is 5. The molecule has 5 nitrogen and oxygen atoms in total. The number of benzene rings is 3. The number of carbonyl (C=O) groups excluding carboxylic acids is 1. The van der Waals surface area contributed by atoms with Crippen LogP contribution in [0.3, 0.4) is 0 Å². The lowest BCUT2D eigenvalue weighted by atomic mass is 9.59. The molecule has 31 heavy (non-hydrogen) atoms. The van der Waals surface area contributed by atoms with Crippen molar-refractivity contribution in [2.75, 3.05) is 17.5 Å². The summed E-state index contributed by atoms with van der Waals surface area (Å²) in [5.74, 6) is 0.758. The molecule has 6 heteroatoms. The van der Waals surface area contributed by atoms with E-state index in [1.54, 1.807) is 24.3 Å². The first kappa shape index (κ1) is 19.8. The molecule has 0 aromatic heterocycles. The summed E-state index contributed by atoms with van der Waals surface area (Å²) < 4.78 is 25.4. The summed E-state index contributed by atoms with van der Waals surface area (Å²) in [6, 6.07) is 23.9. The van der Waals surface area contributed by atoms with Gasteiger partial charge in [-0.3, -0.25) is 9.52 Å². The molecule has 158 valence electrons. The van der Waals surface area contributed by atoms with E-state index in [-0.39, 0.29) is 11.8 Å². The van der Waals surface area contributed by atoms with Gasteiger partial charge in [0.1, 0.15) is 0 Å². The maximum Gasteiger partial charge on any atom is 0.251 e. The van der Waals surface area contributed by atoms with Crippen LogP contribution in [0.2, 0.25) is 0 Å². The van der Waals surface area contributed by atoms with Crippen molar-refractivity contribution in [3.05, 3.63) is 101 Å². The van der Waals surface area contributed by atoms with Gasteiger partial charge in [-0.1, -0.05) is 54.6 Å². The second-order valence-electron chi connectivity index (χ2n) is 8.45. The third kappa shape index (κ3) is 3.72. The number of hydrogen-bond donors (Lipinski definition) is 2. The lowest BCUT2D eigenvalue weighted by Gasteiger charge is -2.45. The first-order valence-electron chi connectivity index (χ1n) is 10.4. The van der Waals surface area contributed by atoms with Crippen LogP contribution in [-0.4, -0.2) is 27.1 Å². The minimum absolute atomic E-state index is 0.194. The molecule has 0 spiro atoms. The van der Waals surface area contributed by atoms with Gasteiger partial charge in [-0.15, -0.1) is 0 Å². The maximum absolute atomic E-state index is 12.8. The van der Waals surface area contributed by atoms with Crippen molar-refractivity contribution in [2.24, 2.45) is 5.92 Å². The predicted molar refractivity (Wildman–Crippen MR) is 122 cm³/mol. The Balaban J connectivity index is 1.36. The molecule has 1 amide bonds. The topological polar surface area (TPSA) is 75.3 Å². The molecule has 2 N–H and O–H groups in total. The molecular weight excluding hydrogens is 408 g/mol. The number of anilines is 1. The Bertz CT molecular complexity index is 1220. The van der Waals surface area contributed by atoms with Crippen molar-refractivity contribution in [1.29, 1.82) is 0 Å². The van der Waals surface area contributed by atoms with Gasteiger partial charge in [0, 0.05) is 29.6 Å². The van der Waals surface area contributed by atoms with Crippen LogP contribution >= 0.6 is 0 Å². The van der Waals surface area contributed by atoms with Gasteiger partial charge in [0.15, 0.2) is 0 Å². The number of sulfonamides is 1. The van der Waals surface area contributed by atoms with E-state index < -0.39 is 10.0 Å². The fourth-order valence-corrected chi connectivity index (χ4v) is 5.78.